The van der Waals surface area contributed by atoms with E-state index in [2.05, 4.69) is 226 Å². The molecule has 3 aliphatic rings. The minimum absolute atomic E-state index is 0.0335. The lowest BCUT2D eigenvalue weighted by Crippen LogP contribution is -2.60. The Balaban J connectivity index is 1.11. The summed E-state index contributed by atoms with van der Waals surface area (Å²) in [5.74, 6) is 0. The van der Waals surface area contributed by atoms with Gasteiger partial charge in [0.05, 0.1) is 11.0 Å². The third kappa shape index (κ3) is 5.13. The summed E-state index contributed by atoms with van der Waals surface area (Å²) in [7, 11) is 0. The highest BCUT2D eigenvalue weighted by atomic mass is 32.1. The van der Waals surface area contributed by atoms with Gasteiger partial charge in [0.25, 0.3) is 0 Å². The fourth-order valence-electron chi connectivity index (χ4n) is 12.5. The first-order chi connectivity index (χ1) is 33.1. The van der Waals surface area contributed by atoms with Crippen molar-refractivity contribution in [3.05, 3.63) is 199 Å². The van der Waals surface area contributed by atoms with Crippen molar-refractivity contribution in [3.8, 4) is 49.5 Å². The Kier molecular flexibility index (Phi) is 7.72. The number of aromatic nitrogens is 1. The summed E-state index contributed by atoms with van der Waals surface area (Å²) in [6.45, 7) is 11.7. The quantitative estimate of drug-likeness (QED) is 0.160. The maximum absolute atomic E-state index is 2.71. The van der Waals surface area contributed by atoms with E-state index >= 15 is 0 Å². The van der Waals surface area contributed by atoms with E-state index in [9.17, 15) is 0 Å². The standard InChI is InChI=1S/C63H45BN2S2/c1-62(2,3)38-24-26-39(27-25-38)66-53-35-57-47(41-21-13-15-23-55(41)67-57)30-45(53)42-28-29-43-46-31-50-44(40-20-12-14-22-49(40)63(50,4)5)32-52(46)65-54-33-48-56(34-51(54)64(66)59(42)60(43)65)68-61(37-18-10-7-11-19-37)58(48)36-16-8-6-9-17-36/h6-35H,1-5H3. The lowest BCUT2D eigenvalue weighted by Gasteiger charge is -2.42. The summed E-state index contributed by atoms with van der Waals surface area (Å²) in [6.07, 6.45) is 0. The van der Waals surface area contributed by atoms with Crippen molar-refractivity contribution in [2.45, 2.75) is 45.4 Å². The molecule has 0 N–H and O–H groups in total. The van der Waals surface area contributed by atoms with Gasteiger partial charge in [0.1, 0.15) is 0 Å². The summed E-state index contributed by atoms with van der Waals surface area (Å²) in [5, 5.41) is 6.59. The molecule has 0 atom stereocenters. The van der Waals surface area contributed by atoms with Gasteiger partial charge in [-0.1, -0.05) is 162 Å². The number of hydrogen-bond donors (Lipinski definition) is 0. The first-order valence-corrected chi connectivity index (χ1v) is 25.6. The highest BCUT2D eigenvalue weighted by Crippen LogP contribution is 2.54. The Morgan fingerprint density at radius 1 is 0.485 bits per heavy atom. The molecule has 12 aromatic rings. The Morgan fingerprint density at radius 3 is 2.00 bits per heavy atom. The Hall–Kier alpha value is -7.18. The second kappa shape index (κ2) is 13.5. The smallest absolute Gasteiger partial charge is 0.333 e. The van der Waals surface area contributed by atoms with Gasteiger partial charge in [0.2, 0.25) is 0 Å². The van der Waals surface area contributed by atoms with Crippen LogP contribution in [0.25, 0.3) is 102 Å². The lowest BCUT2D eigenvalue weighted by molar-refractivity contribution is 0.590. The molecule has 2 aliphatic heterocycles. The molecule has 0 bridgehead atoms. The zero-order valence-electron chi connectivity index (χ0n) is 38.6. The van der Waals surface area contributed by atoms with Crippen molar-refractivity contribution >= 4 is 104 Å². The SMILES string of the molecule is CC(C)(C)c1ccc(N2B3c4cc5sc(-c6ccccc6)c(-c6ccccc6)c5cc4-n4c5cc6c(cc5c5ccc(c3c54)-c3cc4c(cc32)sc2ccccc24)C(C)(C)c2ccccc2-6)cc1. The van der Waals surface area contributed by atoms with E-state index in [0.717, 1.165) is 0 Å². The number of benzene rings is 9. The average molecular weight is 905 g/mol. The van der Waals surface area contributed by atoms with Crippen molar-refractivity contribution in [1.82, 2.24) is 4.57 Å². The molecule has 5 heteroatoms. The molecule has 2 nitrogen and oxygen atoms in total. The molecule has 0 radical (unpaired) electrons. The van der Waals surface area contributed by atoms with E-state index in [-0.39, 0.29) is 17.7 Å². The minimum Gasteiger partial charge on any atom is -0.376 e. The average Bonchev–Trinajstić information content (AvgIpc) is 4.08. The highest BCUT2D eigenvalue weighted by Gasteiger charge is 2.45. The molecule has 0 unspecified atom stereocenters. The largest absolute Gasteiger partial charge is 0.376 e. The van der Waals surface area contributed by atoms with Gasteiger partial charge < -0.3 is 9.38 Å². The maximum atomic E-state index is 2.71. The van der Waals surface area contributed by atoms with Crippen LogP contribution in [0.5, 0.6) is 0 Å². The van der Waals surface area contributed by atoms with Gasteiger partial charge in [0.15, 0.2) is 0 Å². The summed E-state index contributed by atoms with van der Waals surface area (Å²) >= 11 is 3.84. The maximum Gasteiger partial charge on any atom is 0.333 e. The molecule has 0 saturated carbocycles. The van der Waals surface area contributed by atoms with Crippen LogP contribution in [0.1, 0.15) is 51.3 Å². The molecule has 3 aromatic heterocycles. The summed E-state index contributed by atoms with van der Waals surface area (Å²) in [6, 6.07) is 69.9. The van der Waals surface area contributed by atoms with Crippen molar-refractivity contribution in [2.24, 2.45) is 0 Å². The van der Waals surface area contributed by atoms with Crippen LogP contribution >= 0.6 is 22.7 Å². The Bertz CT molecular complexity index is 4150. The fourth-order valence-corrected chi connectivity index (χ4v) is 14.9. The predicted octanol–water partition coefficient (Wildman–Crippen LogP) is 16.5. The fraction of sp³-hybridized carbons (Fsp3) is 0.111. The monoisotopic (exact) mass is 904 g/mol. The molecule has 9 aromatic carbocycles. The van der Waals surface area contributed by atoms with Crippen LogP contribution in [-0.4, -0.2) is 11.4 Å². The van der Waals surface area contributed by atoms with Gasteiger partial charge >= 0.3 is 6.85 Å². The van der Waals surface area contributed by atoms with E-state index in [1.54, 1.807) is 0 Å². The normalized spacial score (nSPS) is 14.3. The van der Waals surface area contributed by atoms with Gasteiger partial charge in [0, 0.05) is 79.5 Å². The molecular weight excluding hydrogens is 860 g/mol. The van der Waals surface area contributed by atoms with Gasteiger partial charge in [-0.3, -0.25) is 0 Å². The predicted molar refractivity (Wildman–Crippen MR) is 295 cm³/mol. The second-order valence-corrected chi connectivity index (χ2v) is 23.0. The van der Waals surface area contributed by atoms with E-state index in [1.807, 2.05) is 22.7 Å². The highest BCUT2D eigenvalue weighted by molar-refractivity contribution is 7.26. The zero-order valence-corrected chi connectivity index (χ0v) is 40.2. The van der Waals surface area contributed by atoms with E-state index in [4.69, 9.17) is 0 Å². The van der Waals surface area contributed by atoms with Crippen LogP contribution in [0.3, 0.4) is 0 Å². The molecule has 0 amide bonds. The van der Waals surface area contributed by atoms with Crippen molar-refractivity contribution in [1.29, 1.82) is 0 Å². The number of hydrogen-bond acceptors (Lipinski definition) is 3. The van der Waals surface area contributed by atoms with Gasteiger partial charge in [-0.2, -0.15) is 0 Å². The molecule has 322 valence electrons. The van der Waals surface area contributed by atoms with Crippen molar-refractivity contribution in [2.75, 3.05) is 4.81 Å². The van der Waals surface area contributed by atoms with Crippen LogP contribution in [0, 0.1) is 0 Å². The minimum atomic E-state index is -0.117. The third-order valence-corrected chi connectivity index (χ3v) is 18.1. The number of rotatable bonds is 3. The molecule has 0 fully saturated rings. The van der Waals surface area contributed by atoms with Crippen LogP contribution in [-0.2, 0) is 10.8 Å². The van der Waals surface area contributed by atoms with Crippen LogP contribution in [0.2, 0.25) is 0 Å². The zero-order chi connectivity index (χ0) is 45.4. The van der Waals surface area contributed by atoms with Gasteiger partial charge in [-0.05, 0) is 115 Å². The molecular formula is C63H45BN2S2. The van der Waals surface area contributed by atoms with Crippen LogP contribution in [0.4, 0.5) is 11.4 Å². The van der Waals surface area contributed by atoms with E-state index in [1.165, 1.54) is 141 Å². The molecule has 15 rings (SSSR count). The third-order valence-electron chi connectivity index (χ3n) is 15.7. The van der Waals surface area contributed by atoms with E-state index in [0.29, 0.717) is 0 Å². The van der Waals surface area contributed by atoms with Crippen molar-refractivity contribution < 1.29 is 0 Å². The molecule has 1 aliphatic carbocycles. The van der Waals surface area contributed by atoms with E-state index < -0.39 is 0 Å². The molecule has 68 heavy (non-hydrogen) atoms. The van der Waals surface area contributed by atoms with Crippen LogP contribution < -0.4 is 15.7 Å². The first kappa shape index (κ1) is 38.9. The topological polar surface area (TPSA) is 8.17 Å². The number of fused-ring (bicyclic) bond motifs is 15. The Morgan fingerprint density at radius 2 is 1.21 bits per heavy atom. The van der Waals surface area contributed by atoms with Crippen LogP contribution in [0.15, 0.2) is 182 Å². The molecule has 0 spiro atoms. The number of anilines is 2. The first-order valence-electron chi connectivity index (χ1n) is 23.9. The number of nitrogens with zero attached hydrogens (tertiary/aromatic N) is 2. The summed E-state index contributed by atoms with van der Waals surface area (Å²) in [4.78, 5) is 4.02. The summed E-state index contributed by atoms with van der Waals surface area (Å²) in [5.41, 5.74) is 22.2. The second-order valence-electron chi connectivity index (χ2n) is 20.8. The Labute approximate surface area is 404 Å². The molecule has 0 saturated heterocycles. The molecule has 5 heterocycles. The van der Waals surface area contributed by atoms with Crippen molar-refractivity contribution in [3.63, 3.8) is 0 Å². The summed E-state index contributed by atoms with van der Waals surface area (Å²) < 4.78 is 6.64. The number of thiophene rings is 2. The lowest BCUT2D eigenvalue weighted by atomic mass is 9.44. The van der Waals surface area contributed by atoms with Gasteiger partial charge in [-0.25, -0.2) is 0 Å². The van der Waals surface area contributed by atoms with Gasteiger partial charge in [-0.15, -0.1) is 22.7 Å².